The van der Waals surface area contributed by atoms with Crippen LogP contribution < -0.4 is 9.80 Å². The van der Waals surface area contributed by atoms with Crippen LogP contribution in [0.4, 0.5) is 16.2 Å². The van der Waals surface area contributed by atoms with Gasteiger partial charge in [-0.15, -0.1) is 0 Å². The summed E-state index contributed by atoms with van der Waals surface area (Å²) in [4.78, 5) is 26.8. The summed E-state index contributed by atoms with van der Waals surface area (Å²) in [6.45, 7) is 4.80. The summed E-state index contributed by atoms with van der Waals surface area (Å²) in [5.74, 6) is 0.610. The Hall–Kier alpha value is -2.68. The molecule has 2 aliphatic rings. The maximum absolute atomic E-state index is 14.2. The molecule has 0 aromatic carbocycles. The Bertz CT molecular complexity index is 779. The van der Waals surface area contributed by atoms with E-state index < -0.39 is 5.82 Å². The maximum atomic E-state index is 14.2. The van der Waals surface area contributed by atoms with E-state index in [9.17, 15) is 9.18 Å². The summed E-state index contributed by atoms with van der Waals surface area (Å²) in [5.41, 5.74) is 0. The fraction of sp³-hybridized carbons (Fsp3) is 0.500. The van der Waals surface area contributed by atoms with Crippen molar-refractivity contribution in [1.29, 1.82) is 0 Å². The number of furan rings is 1. The number of hydrogen-bond donors (Lipinski definition) is 0. The van der Waals surface area contributed by atoms with Gasteiger partial charge in [0.1, 0.15) is 0 Å². The zero-order valence-electron chi connectivity index (χ0n) is 15.0. The fourth-order valence-corrected chi connectivity index (χ4v) is 3.38. The second kappa shape index (κ2) is 7.91. The minimum Gasteiger partial charge on any atom is -0.459 e. The molecule has 4 heterocycles. The Balaban J connectivity index is 1.46. The zero-order valence-corrected chi connectivity index (χ0v) is 15.0. The van der Waals surface area contributed by atoms with Gasteiger partial charge in [0.2, 0.25) is 5.95 Å². The molecule has 0 bridgehead atoms. The van der Waals surface area contributed by atoms with Crippen LogP contribution in [0.15, 0.2) is 29.0 Å². The van der Waals surface area contributed by atoms with Crippen LogP contribution in [-0.4, -0.2) is 73.3 Å². The zero-order chi connectivity index (χ0) is 18.6. The lowest BCUT2D eigenvalue weighted by molar-refractivity contribution is 0.0735. The van der Waals surface area contributed by atoms with Crippen molar-refractivity contribution < 1.29 is 18.3 Å². The summed E-state index contributed by atoms with van der Waals surface area (Å²) >= 11 is 0. The lowest BCUT2D eigenvalue weighted by atomic mass is 10.3. The van der Waals surface area contributed by atoms with Crippen molar-refractivity contribution in [2.24, 2.45) is 0 Å². The number of ether oxygens (including phenoxy) is 1. The molecule has 144 valence electrons. The predicted octanol–water partition coefficient (Wildman–Crippen LogP) is 1.40. The Kier molecular flexibility index (Phi) is 5.19. The highest BCUT2D eigenvalue weighted by Gasteiger charge is 2.24. The van der Waals surface area contributed by atoms with Crippen molar-refractivity contribution in [3.05, 3.63) is 36.2 Å². The highest BCUT2D eigenvalue weighted by Crippen LogP contribution is 2.21. The van der Waals surface area contributed by atoms with Gasteiger partial charge >= 0.3 is 0 Å². The maximum Gasteiger partial charge on any atom is 0.289 e. The summed E-state index contributed by atoms with van der Waals surface area (Å²) in [7, 11) is 0. The monoisotopic (exact) mass is 375 g/mol. The Morgan fingerprint density at radius 2 is 1.93 bits per heavy atom. The number of carbonyl (C=O) groups is 1. The third-order valence-electron chi connectivity index (χ3n) is 4.82. The van der Waals surface area contributed by atoms with Gasteiger partial charge in [-0.1, -0.05) is 0 Å². The molecule has 2 aromatic rings. The molecule has 0 radical (unpaired) electrons. The number of hydrogen-bond acceptors (Lipinski definition) is 7. The van der Waals surface area contributed by atoms with E-state index in [4.69, 9.17) is 9.15 Å². The number of nitrogens with zero attached hydrogens (tertiary/aromatic N) is 5. The second-order valence-corrected chi connectivity index (χ2v) is 6.55. The third kappa shape index (κ3) is 3.87. The minimum absolute atomic E-state index is 0.115. The van der Waals surface area contributed by atoms with E-state index in [2.05, 4.69) is 9.97 Å². The van der Waals surface area contributed by atoms with Crippen LogP contribution in [-0.2, 0) is 4.74 Å². The SMILES string of the molecule is O=C(c1ccco1)N1CCCN(c2ncc(F)c(N3CCOCC3)n2)CC1. The van der Waals surface area contributed by atoms with Gasteiger partial charge in [0, 0.05) is 39.3 Å². The van der Waals surface area contributed by atoms with E-state index in [1.54, 1.807) is 17.0 Å². The van der Waals surface area contributed by atoms with E-state index in [0.717, 1.165) is 6.42 Å². The van der Waals surface area contributed by atoms with Gasteiger partial charge in [-0.25, -0.2) is 9.37 Å². The molecular weight excluding hydrogens is 353 g/mol. The van der Waals surface area contributed by atoms with Crippen LogP contribution in [0, 0.1) is 5.82 Å². The minimum atomic E-state index is -0.426. The van der Waals surface area contributed by atoms with Crippen molar-refractivity contribution in [2.45, 2.75) is 6.42 Å². The average molecular weight is 375 g/mol. The Morgan fingerprint density at radius 1 is 1.07 bits per heavy atom. The molecule has 0 spiro atoms. The van der Waals surface area contributed by atoms with Gasteiger partial charge in [0.25, 0.3) is 5.91 Å². The lowest BCUT2D eigenvalue weighted by Gasteiger charge is -2.29. The number of carbonyl (C=O) groups excluding carboxylic acids is 1. The van der Waals surface area contributed by atoms with Crippen molar-refractivity contribution >= 4 is 17.7 Å². The molecule has 27 heavy (non-hydrogen) atoms. The first-order valence-electron chi connectivity index (χ1n) is 9.15. The number of aromatic nitrogens is 2. The topological polar surface area (TPSA) is 74.9 Å². The molecule has 4 rings (SSSR count). The van der Waals surface area contributed by atoms with Crippen LogP contribution >= 0.6 is 0 Å². The molecule has 0 saturated carbocycles. The van der Waals surface area contributed by atoms with Crippen LogP contribution in [0.5, 0.6) is 0 Å². The normalized spacial score (nSPS) is 18.5. The average Bonchev–Trinajstić information content (AvgIpc) is 3.13. The summed E-state index contributed by atoms with van der Waals surface area (Å²) in [6, 6.07) is 3.37. The van der Waals surface area contributed by atoms with Crippen molar-refractivity contribution in [3.8, 4) is 0 Å². The van der Waals surface area contributed by atoms with Crippen molar-refractivity contribution in [3.63, 3.8) is 0 Å². The van der Waals surface area contributed by atoms with Gasteiger partial charge < -0.3 is 23.9 Å². The van der Waals surface area contributed by atoms with E-state index in [-0.39, 0.29) is 5.91 Å². The van der Waals surface area contributed by atoms with E-state index in [1.165, 1.54) is 12.5 Å². The molecule has 2 saturated heterocycles. The van der Waals surface area contributed by atoms with Gasteiger partial charge in [-0.2, -0.15) is 4.98 Å². The summed E-state index contributed by atoms with van der Waals surface area (Å²) < 4.78 is 24.8. The number of anilines is 2. The molecule has 0 aliphatic carbocycles. The molecule has 0 unspecified atom stereocenters. The van der Waals surface area contributed by atoms with Gasteiger partial charge in [0.05, 0.1) is 25.7 Å². The number of morpholine rings is 1. The Labute approximate surface area is 156 Å². The van der Waals surface area contributed by atoms with Gasteiger partial charge in [-0.3, -0.25) is 4.79 Å². The summed E-state index contributed by atoms with van der Waals surface area (Å²) in [5, 5.41) is 0. The first-order valence-corrected chi connectivity index (χ1v) is 9.15. The highest BCUT2D eigenvalue weighted by molar-refractivity contribution is 5.91. The Morgan fingerprint density at radius 3 is 2.70 bits per heavy atom. The van der Waals surface area contributed by atoms with Crippen LogP contribution in [0.1, 0.15) is 17.0 Å². The van der Waals surface area contributed by atoms with E-state index in [1.807, 2.05) is 9.80 Å². The number of halogens is 1. The smallest absolute Gasteiger partial charge is 0.289 e. The predicted molar refractivity (Wildman–Crippen MR) is 96.5 cm³/mol. The fourth-order valence-electron chi connectivity index (χ4n) is 3.38. The molecule has 2 aromatic heterocycles. The largest absolute Gasteiger partial charge is 0.459 e. The first-order chi connectivity index (χ1) is 13.2. The summed E-state index contributed by atoms with van der Waals surface area (Å²) in [6.07, 6.45) is 3.50. The molecule has 2 fully saturated rings. The molecule has 9 heteroatoms. The van der Waals surface area contributed by atoms with Crippen LogP contribution in [0.25, 0.3) is 0 Å². The quantitative estimate of drug-likeness (QED) is 0.803. The van der Waals surface area contributed by atoms with Crippen molar-refractivity contribution in [2.75, 3.05) is 62.3 Å². The van der Waals surface area contributed by atoms with Crippen LogP contribution in [0.2, 0.25) is 0 Å². The second-order valence-electron chi connectivity index (χ2n) is 6.55. The third-order valence-corrected chi connectivity index (χ3v) is 4.82. The van der Waals surface area contributed by atoms with Gasteiger partial charge in [-0.05, 0) is 18.6 Å². The lowest BCUT2D eigenvalue weighted by Crippen LogP contribution is -2.38. The highest BCUT2D eigenvalue weighted by atomic mass is 19.1. The van der Waals surface area contributed by atoms with Crippen molar-refractivity contribution in [1.82, 2.24) is 14.9 Å². The molecule has 2 aliphatic heterocycles. The number of rotatable bonds is 3. The molecule has 0 atom stereocenters. The van der Waals surface area contributed by atoms with Crippen LogP contribution in [0.3, 0.4) is 0 Å². The molecule has 1 amide bonds. The number of amides is 1. The molecular formula is C18H22FN5O3. The molecule has 0 N–H and O–H groups in total. The standard InChI is InChI=1S/C18H22FN5O3/c19-14-13-20-18(21-16(14)22-8-11-26-12-9-22)24-5-2-4-23(6-7-24)17(25)15-3-1-10-27-15/h1,3,10,13H,2,4-9,11-12H2. The molecule has 8 nitrogen and oxygen atoms in total. The first kappa shape index (κ1) is 17.7. The van der Waals surface area contributed by atoms with E-state index >= 15 is 0 Å². The van der Waals surface area contributed by atoms with E-state index in [0.29, 0.717) is 70.0 Å². The van der Waals surface area contributed by atoms with Gasteiger partial charge in [0.15, 0.2) is 17.4 Å².